The summed E-state index contributed by atoms with van der Waals surface area (Å²) in [5.74, 6) is 0. The molecule has 0 saturated carbocycles. The van der Waals surface area contributed by atoms with Gasteiger partial charge in [0.2, 0.25) is 0 Å². The van der Waals surface area contributed by atoms with Gasteiger partial charge >= 0.3 is 0 Å². The SMILES string of the molecule is CN1CCN(CC(C)(C)CNC(C)(C)C)CC1(C)C. The van der Waals surface area contributed by atoms with Gasteiger partial charge in [-0.3, -0.25) is 9.80 Å². The summed E-state index contributed by atoms with van der Waals surface area (Å²) in [6.45, 7) is 21.9. The van der Waals surface area contributed by atoms with Crippen LogP contribution in [-0.2, 0) is 0 Å². The average Bonchev–Trinajstić information content (AvgIpc) is 2.19. The van der Waals surface area contributed by atoms with Crippen LogP contribution in [0.25, 0.3) is 0 Å². The molecule has 0 aromatic heterocycles. The van der Waals surface area contributed by atoms with Crippen molar-refractivity contribution in [2.45, 2.75) is 59.5 Å². The lowest BCUT2D eigenvalue weighted by Crippen LogP contribution is -2.59. The molecular weight excluding hydrogens is 234 g/mol. The van der Waals surface area contributed by atoms with E-state index in [-0.39, 0.29) is 5.54 Å². The van der Waals surface area contributed by atoms with E-state index in [1.54, 1.807) is 0 Å². The summed E-state index contributed by atoms with van der Waals surface area (Å²) < 4.78 is 0. The number of nitrogens with zero attached hydrogens (tertiary/aromatic N) is 2. The van der Waals surface area contributed by atoms with Crippen molar-refractivity contribution in [2.75, 3.05) is 39.8 Å². The maximum absolute atomic E-state index is 3.64. The van der Waals surface area contributed by atoms with Crippen LogP contribution in [0.4, 0.5) is 0 Å². The van der Waals surface area contributed by atoms with E-state index in [2.05, 4.69) is 70.6 Å². The minimum absolute atomic E-state index is 0.207. The zero-order valence-corrected chi connectivity index (χ0v) is 14.4. The van der Waals surface area contributed by atoms with Crippen molar-refractivity contribution < 1.29 is 0 Å². The zero-order valence-electron chi connectivity index (χ0n) is 14.4. The molecule has 1 aliphatic heterocycles. The molecule has 1 saturated heterocycles. The first-order valence-corrected chi connectivity index (χ1v) is 7.60. The highest BCUT2D eigenvalue weighted by Gasteiger charge is 2.33. The van der Waals surface area contributed by atoms with E-state index < -0.39 is 0 Å². The molecule has 1 N–H and O–H groups in total. The fourth-order valence-corrected chi connectivity index (χ4v) is 2.64. The molecule has 0 aromatic rings. The third-order valence-corrected chi connectivity index (χ3v) is 4.14. The number of nitrogens with one attached hydrogen (secondary N) is 1. The van der Waals surface area contributed by atoms with E-state index in [1.807, 2.05) is 0 Å². The highest BCUT2D eigenvalue weighted by molar-refractivity contribution is 4.90. The van der Waals surface area contributed by atoms with E-state index in [1.165, 1.54) is 26.2 Å². The molecule has 0 aromatic carbocycles. The van der Waals surface area contributed by atoms with E-state index >= 15 is 0 Å². The Morgan fingerprint density at radius 2 is 1.63 bits per heavy atom. The van der Waals surface area contributed by atoms with Crippen LogP contribution in [0, 0.1) is 5.41 Å². The number of likely N-dealkylation sites (N-methyl/N-ethyl adjacent to an activating group) is 1. The van der Waals surface area contributed by atoms with Crippen LogP contribution in [0.3, 0.4) is 0 Å². The van der Waals surface area contributed by atoms with Gasteiger partial charge in [-0.1, -0.05) is 13.8 Å². The van der Waals surface area contributed by atoms with Gasteiger partial charge in [0.15, 0.2) is 0 Å². The zero-order chi connectivity index (χ0) is 14.9. The summed E-state index contributed by atoms with van der Waals surface area (Å²) in [5, 5.41) is 3.64. The topological polar surface area (TPSA) is 18.5 Å². The molecule has 0 amide bonds. The Balaban J connectivity index is 2.50. The van der Waals surface area contributed by atoms with Gasteiger partial charge in [-0.25, -0.2) is 0 Å². The first-order valence-electron chi connectivity index (χ1n) is 7.60. The Morgan fingerprint density at radius 1 is 1.05 bits per heavy atom. The fourth-order valence-electron chi connectivity index (χ4n) is 2.64. The predicted octanol–water partition coefficient (Wildman–Crippen LogP) is 2.43. The Bertz CT molecular complexity index is 289. The second-order valence-electron chi connectivity index (χ2n) is 8.71. The quantitative estimate of drug-likeness (QED) is 0.845. The van der Waals surface area contributed by atoms with Gasteiger partial charge < -0.3 is 5.32 Å². The van der Waals surface area contributed by atoms with Crippen molar-refractivity contribution >= 4 is 0 Å². The smallest absolute Gasteiger partial charge is 0.0277 e. The van der Waals surface area contributed by atoms with Crippen LogP contribution >= 0.6 is 0 Å². The van der Waals surface area contributed by atoms with Gasteiger partial charge in [0, 0.05) is 43.8 Å². The monoisotopic (exact) mass is 269 g/mol. The lowest BCUT2D eigenvalue weighted by molar-refractivity contribution is 0.0209. The summed E-state index contributed by atoms with van der Waals surface area (Å²) in [7, 11) is 2.24. The molecule has 1 aliphatic rings. The lowest BCUT2D eigenvalue weighted by Gasteiger charge is -2.47. The Labute approximate surface area is 120 Å². The maximum Gasteiger partial charge on any atom is 0.0277 e. The van der Waals surface area contributed by atoms with Gasteiger partial charge in [-0.2, -0.15) is 0 Å². The number of hydrogen-bond acceptors (Lipinski definition) is 3. The van der Waals surface area contributed by atoms with Crippen molar-refractivity contribution in [1.29, 1.82) is 0 Å². The molecule has 0 unspecified atom stereocenters. The third-order valence-electron chi connectivity index (χ3n) is 4.14. The molecule has 3 nitrogen and oxygen atoms in total. The number of piperazine rings is 1. The average molecular weight is 269 g/mol. The van der Waals surface area contributed by atoms with Crippen LogP contribution in [0.1, 0.15) is 48.5 Å². The van der Waals surface area contributed by atoms with Crippen LogP contribution in [0.2, 0.25) is 0 Å². The van der Waals surface area contributed by atoms with Crippen LogP contribution in [0.15, 0.2) is 0 Å². The van der Waals surface area contributed by atoms with Crippen molar-refractivity contribution in [3.63, 3.8) is 0 Å². The second kappa shape index (κ2) is 5.71. The number of rotatable bonds is 4. The van der Waals surface area contributed by atoms with E-state index in [9.17, 15) is 0 Å². The Hall–Kier alpha value is -0.120. The lowest BCUT2D eigenvalue weighted by atomic mass is 9.89. The molecule has 1 fully saturated rings. The second-order valence-corrected chi connectivity index (χ2v) is 8.71. The van der Waals surface area contributed by atoms with E-state index in [4.69, 9.17) is 0 Å². The summed E-state index contributed by atoms with van der Waals surface area (Å²) >= 11 is 0. The molecule has 3 heteroatoms. The van der Waals surface area contributed by atoms with Gasteiger partial charge in [-0.15, -0.1) is 0 Å². The van der Waals surface area contributed by atoms with Crippen molar-refractivity contribution in [3.8, 4) is 0 Å². The standard InChI is InChI=1S/C16H35N3/c1-14(2,3)17-11-15(4,5)12-19-10-9-18(8)16(6,7)13-19/h17H,9-13H2,1-8H3. The van der Waals surface area contributed by atoms with Crippen molar-refractivity contribution in [3.05, 3.63) is 0 Å². The van der Waals surface area contributed by atoms with Crippen molar-refractivity contribution in [1.82, 2.24) is 15.1 Å². The van der Waals surface area contributed by atoms with E-state index in [0.29, 0.717) is 11.0 Å². The summed E-state index contributed by atoms with van der Waals surface area (Å²) in [4.78, 5) is 5.11. The Morgan fingerprint density at radius 3 is 2.11 bits per heavy atom. The molecular formula is C16H35N3. The van der Waals surface area contributed by atoms with Gasteiger partial charge in [0.05, 0.1) is 0 Å². The molecule has 114 valence electrons. The predicted molar refractivity (Wildman–Crippen MR) is 84.7 cm³/mol. The highest BCUT2D eigenvalue weighted by atomic mass is 15.3. The molecule has 1 heterocycles. The van der Waals surface area contributed by atoms with Gasteiger partial charge in [0.25, 0.3) is 0 Å². The Kier molecular flexibility index (Phi) is 5.09. The molecule has 0 spiro atoms. The van der Waals surface area contributed by atoms with Gasteiger partial charge in [0.1, 0.15) is 0 Å². The third kappa shape index (κ3) is 5.80. The summed E-state index contributed by atoms with van der Waals surface area (Å²) in [5.41, 5.74) is 0.823. The maximum atomic E-state index is 3.64. The summed E-state index contributed by atoms with van der Waals surface area (Å²) in [6, 6.07) is 0. The molecule has 0 radical (unpaired) electrons. The number of hydrogen-bond donors (Lipinski definition) is 1. The first kappa shape index (κ1) is 16.9. The highest BCUT2D eigenvalue weighted by Crippen LogP contribution is 2.23. The normalized spacial score (nSPS) is 22.7. The minimum atomic E-state index is 0.207. The van der Waals surface area contributed by atoms with Crippen molar-refractivity contribution in [2.24, 2.45) is 5.41 Å². The largest absolute Gasteiger partial charge is 0.311 e. The minimum Gasteiger partial charge on any atom is -0.311 e. The van der Waals surface area contributed by atoms with Gasteiger partial charge in [-0.05, 0) is 47.1 Å². The molecule has 0 aliphatic carbocycles. The fraction of sp³-hybridized carbons (Fsp3) is 1.00. The van der Waals surface area contributed by atoms with Crippen LogP contribution in [-0.4, -0.2) is 60.6 Å². The molecule has 19 heavy (non-hydrogen) atoms. The van der Waals surface area contributed by atoms with E-state index in [0.717, 1.165) is 6.54 Å². The van der Waals surface area contributed by atoms with Crippen LogP contribution < -0.4 is 5.32 Å². The first-order chi connectivity index (χ1) is 8.41. The molecule has 1 rings (SSSR count). The van der Waals surface area contributed by atoms with Crippen LogP contribution in [0.5, 0.6) is 0 Å². The molecule has 0 bridgehead atoms. The summed E-state index contributed by atoms with van der Waals surface area (Å²) in [6.07, 6.45) is 0. The molecule has 0 atom stereocenters.